The van der Waals surface area contributed by atoms with Crippen molar-refractivity contribution in [1.82, 2.24) is 0 Å². The Bertz CT molecular complexity index is 704. The lowest BCUT2D eigenvalue weighted by Crippen LogP contribution is -3.00. The number of benzene rings is 2. The van der Waals surface area contributed by atoms with Crippen LogP contribution in [0.1, 0.15) is 22.6 Å². The summed E-state index contributed by atoms with van der Waals surface area (Å²) in [5, 5.41) is 20.1. The minimum Gasteiger partial charge on any atom is -1.00 e. The molecule has 1 unspecified atom stereocenters. The molecule has 1 atom stereocenters. The number of aromatic hydroxyl groups is 2. The molecule has 1 heterocycles. The maximum atomic E-state index is 10.1. The number of phenols is 2. The summed E-state index contributed by atoms with van der Waals surface area (Å²) >= 11 is 3.47. The van der Waals surface area contributed by atoms with Gasteiger partial charge in [-0.25, -0.2) is 0 Å². The molecule has 0 aliphatic carbocycles. The Hall–Kier alpha value is -0.790. The smallest absolute Gasteiger partial charge is 0.172 e. The molecule has 0 spiro atoms. The molecule has 0 radical (unpaired) electrons. The van der Waals surface area contributed by atoms with Crippen LogP contribution in [0, 0.1) is 0 Å². The van der Waals surface area contributed by atoms with E-state index in [1.54, 1.807) is 6.07 Å². The second kappa shape index (κ2) is 6.99. The number of halogens is 2. The first-order valence-electron chi connectivity index (χ1n) is 7.49. The van der Waals surface area contributed by atoms with Crippen LogP contribution in [0.15, 0.2) is 40.9 Å². The highest BCUT2D eigenvalue weighted by Crippen LogP contribution is 2.44. The molecule has 0 amide bonds. The molecule has 5 heteroatoms. The molecule has 0 aromatic heterocycles. The van der Waals surface area contributed by atoms with Crippen LogP contribution in [0.25, 0.3) is 0 Å². The van der Waals surface area contributed by atoms with Crippen molar-refractivity contribution in [3.63, 3.8) is 0 Å². The van der Waals surface area contributed by atoms with E-state index in [1.807, 2.05) is 6.07 Å². The topological polar surface area (TPSA) is 40.5 Å². The molecule has 0 bridgehead atoms. The Morgan fingerprint density at radius 3 is 2.43 bits per heavy atom. The summed E-state index contributed by atoms with van der Waals surface area (Å²) in [6.45, 7) is 1.97. The van der Waals surface area contributed by atoms with Crippen molar-refractivity contribution in [1.29, 1.82) is 0 Å². The van der Waals surface area contributed by atoms with Crippen molar-refractivity contribution in [2.45, 2.75) is 12.3 Å². The van der Waals surface area contributed by atoms with E-state index in [2.05, 4.69) is 54.3 Å². The van der Waals surface area contributed by atoms with E-state index in [9.17, 15) is 10.2 Å². The van der Waals surface area contributed by atoms with Crippen LogP contribution < -0.4 is 24.0 Å². The zero-order valence-electron chi connectivity index (χ0n) is 13.3. The number of phenolic OH excluding ortho intramolecular Hbond substituents is 2. The quantitative estimate of drug-likeness (QED) is 0.350. The Morgan fingerprint density at radius 1 is 1.13 bits per heavy atom. The molecule has 1 aliphatic rings. The first-order chi connectivity index (χ1) is 10.4. The van der Waals surface area contributed by atoms with E-state index in [0.717, 1.165) is 35.1 Å². The van der Waals surface area contributed by atoms with Gasteiger partial charge in [0, 0.05) is 6.42 Å². The van der Waals surface area contributed by atoms with E-state index < -0.39 is 0 Å². The Morgan fingerprint density at radius 2 is 1.78 bits per heavy atom. The zero-order valence-corrected chi connectivity index (χ0v) is 17.0. The van der Waals surface area contributed by atoms with Crippen molar-refractivity contribution >= 4 is 15.9 Å². The summed E-state index contributed by atoms with van der Waals surface area (Å²) in [7, 11) is 4.46. The van der Waals surface area contributed by atoms with Gasteiger partial charge in [0.05, 0.1) is 37.6 Å². The summed E-state index contributed by atoms with van der Waals surface area (Å²) < 4.78 is 1.53. The number of nitrogens with zero attached hydrogens (tertiary/aromatic N) is 1. The summed E-state index contributed by atoms with van der Waals surface area (Å²) in [4.78, 5) is 0. The molecular weight excluding hydrogens is 469 g/mol. The van der Waals surface area contributed by atoms with Gasteiger partial charge >= 0.3 is 0 Å². The fourth-order valence-electron chi connectivity index (χ4n) is 3.32. The van der Waals surface area contributed by atoms with Gasteiger partial charge in [-0.2, -0.15) is 0 Å². The van der Waals surface area contributed by atoms with E-state index in [4.69, 9.17) is 0 Å². The highest BCUT2D eigenvalue weighted by Gasteiger charge is 2.32. The number of fused-ring (bicyclic) bond motifs is 1. The molecule has 0 saturated heterocycles. The lowest BCUT2D eigenvalue weighted by Gasteiger charge is -2.31. The Kier molecular flexibility index (Phi) is 5.63. The van der Waals surface area contributed by atoms with Crippen LogP contribution in [0.2, 0.25) is 0 Å². The lowest BCUT2D eigenvalue weighted by molar-refractivity contribution is -0.890. The van der Waals surface area contributed by atoms with Crippen molar-refractivity contribution in [2.24, 2.45) is 0 Å². The average Bonchev–Trinajstić information content (AvgIpc) is 2.63. The summed E-state index contributed by atoms with van der Waals surface area (Å²) in [5.41, 5.74) is 3.46. The second-order valence-electron chi connectivity index (χ2n) is 6.68. The number of likely N-dealkylation sites (N-methyl/N-ethyl adjacent to an activating group) is 1. The predicted octanol–water partition coefficient (Wildman–Crippen LogP) is 0.629. The van der Waals surface area contributed by atoms with Gasteiger partial charge in [-0.05, 0) is 38.7 Å². The highest BCUT2D eigenvalue weighted by molar-refractivity contribution is 9.10. The van der Waals surface area contributed by atoms with Gasteiger partial charge in [0.15, 0.2) is 11.5 Å². The minimum absolute atomic E-state index is 0. The Balaban J connectivity index is 0.00000192. The van der Waals surface area contributed by atoms with E-state index in [1.165, 1.54) is 5.56 Å². The Labute approximate surface area is 162 Å². The molecule has 2 aromatic carbocycles. The fraction of sp³-hybridized carbons (Fsp3) is 0.333. The van der Waals surface area contributed by atoms with Gasteiger partial charge in [0.1, 0.15) is 0 Å². The van der Waals surface area contributed by atoms with Crippen LogP contribution >= 0.6 is 15.9 Å². The van der Waals surface area contributed by atoms with Gasteiger partial charge in [0.25, 0.3) is 0 Å². The predicted molar refractivity (Wildman–Crippen MR) is 91.3 cm³/mol. The molecule has 0 fully saturated rings. The van der Waals surface area contributed by atoms with Gasteiger partial charge < -0.3 is 38.7 Å². The third-order valence-electron chi connectivity index (χ3n) is 4.58. The molecule has 0 saturated carbocycles. The first kappa shape index (κ1) is 18.5. The van der Waals surface area contributed by atoms with Gasteiger partial charge in [-0.1, -0.05) is 30.3 Å². The van der Waals surface area contributed by atoms with Crippen LogP contribution in [0.3, 0.4) is 0 Å². The standard InChI is InChI=1S/C18H20BrNO2.HI/c1-20(2)9-8-13-14(10-16(21)18(22)17(13)19)15(11-20)12-6-4-3-5-7-12;/h3-7,10,15H,8-9,11H2,1-2H3,(H-,21,22);1H. The molecular formula is C18H21BrINO2. The highest BCUT2D eigenvalue weighted by atomic mass is 127. The second-order valence-corrected chi connectivity index (χ2v) is 7.47. The van der Waals surface area contributed by atoms with Crippen molar-refractivity contribution in [2.75, 3.05) is 27.2 Å². The van der Waals surface area contributed by atoms with Crippen molar-refractivity contribution in [3.8, 4) is 11.5 Å². The maximum absolute atomic E-state index is 10.1. The zero-order chi connectivity index (χ0) is 15.9. The summed E-state index contributed by atoms with van der Waals surface area (Å²) in [6.07, 6.45) is 0.875. The third-order valence-corrected chi connectivity index (χ3v) is 5.43. The lowest BCUT2D eigenvalue weighted by atomic mass is 9.87. The summed E-state index contributed by atoms with van der Waals surface area (Å²) in [5.74, 6) is 0.0908. The maximum Gasteiger partial charge on any atom is 0.172 e. The monoisotopic (exact) mass is 489 g/mol. The van der Waals surface area contributed by atoms with Crippen molar-refractivity contribution < 1.29 is 38.7 Å². The third kappa shape index (κ3) is 3.67. The number of rotatable bonds is 1. The average molecular weight is 490 g/mol. The normalized spacial score (nSPS) is 19.3. The van der Waals surface area contributed by atoms with Crippen LogP contribution in [0.5, 0.6) is 11.5 Å². The van der Waals surface area contributed by atoms with Gasteiger partial charge in [0.2, 0.25) is 0 Å². The molecule has 23 heavy (non-hydrogen) atoms. The fourth-order valence-corrected chi connectivity index (χ4v) is 3.95. The van der Waals surface area contributed by atoms with Crippen molar-refractivity contribution in [3.05, 3.63) is 57.6 Å². The molecule has 3 nitrogen and oxygen atoms in total. The van der Waals surface area contributed by atoms with Gasteiger partial charge in [-0.15, -0.1) is 0 Å². The largest absolute Gasteiger partial charge is 1.00 e. The SMILES string of the molecule is C[N+]1(C)CCc2c(cc(O)c(O)c2Br)C(c2ccccc2)C1.[I-]. The van der Waals surface area contributed by atoms with Gasteiger partial charge in [-0.3, -0.25) is 0 Å². The van der Waals surface area contributed by atoms with E-state index >= 15 is 0 Å². The van der Waals surface area contributed by atoms with Crippen LogP contribution in [-0.4, -0.2) is 41.9 Å². The minimum atomic E-state index is -0.0576. The van der Waals surface area contributed by atoms with E-state index in [0.29, 0.717) is 4.47 Å². The first-order valence-corrected chi connectivity index (χ1v) is 8.28. The molecule has 124 valence electrons. The van der Waals surface area contributed by atoms with Crippen LogP contribution in [-0.2, 0) is 6.42 Å². The molecule has 3 rings (SSSR count). The number of hydrogen-bond acceptors (Lipinski definition) is 2. The number of hydrogen-bond donors (Lipinski definition) is 2. The number of quaternary nitrogens is 1. The molecule has 2 aromatic rings. The van der Waals surface area contributed by atoms with E-state index in [-0.39, 0.29) is 41.4 Å². The van der Waals surface area contributed by atoms with Crippen LogP contribution in [0.4, 0.5) is 0 Å². The summed E-state index contributed by atoms with van der Waals surface area (Å²) in [6, 6.07) is 12.1. The molecule has 1 aliphatic heterocycles. The molecule has 2 N–H and O–H groups in total.